The van der Waals surface area contributed by atoms with Crippen molar-refractivity contribution in [3.05, 3.63) is 106 Å². The zero-order valence-electron chi connectivity index (χ0n) is 16.4. The average Bonchev–Trinajstić information content (AvgIpc) is 3.05. The quantitative estimate of drug-likeness (QED) is 0.635. The van der Waals surface area contributed by atoms with Crippen molar-refractivity contribution in [1.82, 2.24) is 10.7 Å². The first-order valence-corrected chi connectivity index (χ1v) is 10.0. The molecule has 0 bridgehead atoms. The van der Waals surface area contributed by atoms with Crippen molar-refractivity contribution in [3.63, 3.8) is 0 Å². The van der Waals surface area contributed by atoms with Gasteiger partial charge in [-0.3, -0.25) is 9.59 Å². The fraction of sp³-hybridized carbons (Fsp3) is 0.125. The van der Waals surface area contributed by atoms with Gasteiger partial charge >= 0.3 is 5.91 Å². The lowest BCUT2D eigenvalue weighted by atomic mass is 9.99. The Morgan fingerprint density at radius 3 is 2.37 bits per heavy atom. The Morgan fingerprint density at radius 2 is 1.67 bits per heavy atom. The summed E-state index contributed by atoms with van der Waals surface area (Å²) >= 11 is 5.92. The number of nitrogens with zero attached hydrogens (tertiary/aromatic N) is 1. The SMILES string of the molecule is Cc1ccccc1/C=[N+]1\NC(=O)[C@@H](NC(=O)c2ccc(Cl)cc2)[C@@H]1c1ccccc1. The van der Waals surface area contributed by atoms with Crippen LogP contribution in [0.4, 0.5) is 0 Å². The van der Waals surface area contributed by atoms with Gasteiger partial charge in [0, 0.05) is 21.7 Å². The van der Waals surface area contributed by atoms with Crippen LogP contribution in [0.25, 0.3) is 0 Å². The van der Waals surface area contributed by atoms with E-state index in [0.29, 0.717) is 10.6 Å². The smallest absolute Gasteiger partial charge is 0.304 e. The first-order valence-electron chi connectivity index (χ1n) is 9.63. The van der Waals surface area contributed by atoms with E-state index >= 15 is 0 Å². The summed E-state index contributed by atoms with van der Waals surface area (Å²) in [7, 11) is 0. The Morgan fingerprint density at radius 1 is 1.00 bits per heavy atom. The van der Waals surface area contributed by atoms with Gasteiger partial charge in [0.25, 0.3) is 5.91 Å². The lowest BCUT2D eigenvalue weighted by Crippen LogP contribution is -2.42. The summed E-state index contributed by atoms with van der Waals surface area (Å²) in [5.41, 5.74) is 6.34. The highest BCUT2D eigenvalue weighted by atomic mass is 35.5. The molecule has 30 heavy (non-hydrogen) atoms. The van der Waals surface area contributed by atoms with Gasteiger partial charge < -0.3 is 5.32 Å². The third kappa shape index (κ3) is 4.11. The molecule has 0 radical (unpaired) electrons. The number of halogens is 1. The molecular weight excluding hydrogens is 398 g/mol. The number of amides is 2. The predicted octanol–water partition coefficient (Wildman–Crippen LogP) is 3.66. The number of hydrogen-bond acceptors (Lipinski definition) is 2. The van der Waals surface area contributed by atoms with Crippen LogP contribution < -0.4 is 10.7 Å². The fourth-order valence-electron chi connectivity index (χ4n) is 3.54. The monoisotopic (exact) mass is 418 g/mol. The summed E-state index contributed by atoms with van der Waals surface area (Å²) in [6.07, 6.45) is 1.90. The highest BCUT2D eigenvalue weighted by molar-refractivity contribution is 6.30. The average molecular weight is 419 g/mol. The molecule has 1 saturated heterocycles. The molecule has 0 saturated carbocycles. The summed E-state index contributed by atoms with van der Waals surface area (Å²) in [6, 6.07) is 23.0. The molecule has 150 valence electrons. The van der Waals surface area contributed by atoms with Gasteiger partial charge in [0.1, 0.15) is 0 Å². The number of rotatable bonds is 4. The Balaban J connectivity index is 1.70. The molecule has 4 rings (SSSR count). The molecule has 5 nitrogen and oxygen atoms in total. The number of benzene rings is 3. The van der Waals surface area contributed by atoms with Crippen molar-refractivity contribution < 1.29 is 14.3 Å². The number of aryl methyl sites for hydroxylation is 1. The standard InChI is InChI=1S/C24H20ClN3O2/c1-16-7-5-6-10-19(16)15-28-22(17-8-3-2-4-9-17)21(24(30)27-28)26-23(29)18-11-13-20(25)14-12-18/h2-15,21-22H,1H3,(H-,26,27,29,30)/p+1/b28-15-/t21-,22-/m0/s1. The number of carbonyl (C=O) groups is 2. The van der Waals surface area contributed by atoms with Crippen LogP contribution in [0.3, 0.4) is 0 Å². The third-order valence-electron chi connectivity index (χ3n) is 5.14. The van der Waals surface area contributed by atoms with Crippen LogP contribution in [0.5, 0.6) is 0 Å². The van der Waals surface area contributed by atoms with Gasteiger partial charge in [0.15, 0.2) is 6.04 Å². The number of nitrogens with one attached hydrogen (secondary N) is 2. The van der Waals surface area contributed by atoms with Crippen molar-refractivity contribution in [2.45, 2.75) is 19.0 Å². The summed E-state index contributed by atoms with van der Waals surface area (Å²) in [4.78, 5) is 25.6. The van der Waals surface area contributed by atoms with Gasteiger partial charge in [-0.25, -0.2) is 0 Å². The van der Waals surface area contributed by atoms with Gasteiger partial charge in [0.05, 0.1) is 0 Å². The summed E-state index contributed by atoms with van der Waals surface area (Å²) in [5.74, 6) is -0.596. The molecule has 6 heteroatoms. The van der Waals surface area contributed by atoms with E-state index in [0.717, 1.165) is 16.7 Å². The molecule has 0 aliphatic carbocycles. The highest BCUT2D eigenvalue weighted by Crippen LogP contribution is 2.25. The molecule has 1 heterocycles. The summed E-state index contributed by atoms with van der Waals surface area (Å²) < 4.78 is 1.77. The van der Waals surface area contributed by atoms with Crippen LogP contribution in [0.1, 0.15) is 33.1 Å². The lowest BCUT2D eigenvalue weighted by Gasteiger charge is -2.14. The topological polar surface area (TPSA) is 61.2 Å². The van der Waals surface area contributed by atoms with Crippen LogP contribution in [0.15, 0.2) is 78.9 Å². The normalized spacial score (nSPS) is 19.5. The van der Waals surface area contributed by atoms with Crippen LogP contribution in [0, 0.1) is 6.92 Å². The van der Waals surface area contributed by atoms with Gasteiger partial charge in [0.2, 0.25) is 12.3 Å². The van der Waals surface area contributed by atoms with Crippen LogP contribution in [-0.2, 0) is 4.79 Å². The third-order valence-corrected chi connectivity index (χ3v) is 5.39. The molecule has 2 atom stereocenters. The number of hydrazine groups is 1. The Bertz CT molecular complexity index is 1110. The second kappa shape index (κ2) is 8.51. The molecule has 1 fully saturated rings. The Hall–Kier alpha value is -3.44. The minimum absolute atomic E-state index is 0.268. The molecule has 1 aliphatic rings. The minimum atomic E-state index is -0.754. The first-order chi connectivity index (χ1) is 14.5. The molecule has 2 amide bonds. The van der Waals surface area contributed by atoms with E-state index < -0.39 is 12.1 Å². The highest BCUT2D eigenvalue weighted by Gasteiger charge is 2.47. The predicted molar refractivity (Wildman–Crippen MR) is 117 cm³/mol. The van der Waals surface area contributed by atoms with E-state index in [1.54, 1.807) is 28.9 Å². The van der Waals surface area contributed by atoms with E-state index in [2.05, 4.69) is 10.7 Å². The van der Waals surface area contributed by atoms with Crippen molar-refractivity contribution in [1.29, 1.82) is 0 Å². The second-order valence-electron chi connectivity index (χ2n) is 7.18. The van der Waals surface area contributed by atoms with Gasteiger partial charge in [-0.2, -0.15) is 0 Å². The molecule has 2 N–H and O–H groups in total. The summed E-state index contributed by atoms with van der Waals surface area (Å²) in [6.45, 7) is 2.01. The van der Waals surface area contributed by atoms with Gasteiger partial charge in [-0.05, 0) is 42.8 Å². The summed E-state index contributed by atoms with van der Waals surface area (Å²) in [5, 5.41) is 3.44. The van der Waals surface area contributed by atoms with E-state index in [1.165, 1.54) is 0 Å². The first kappa shape index (κ1) is 19.9. The number of hydrogen-bond donors (Lipinski definition) is 2. The van der Waals surface area contributed by atoms with Crippen LogP contribution >= 0.6 is 11.6 Å². The van der Waals surface area contributed by atoms with E-state index in [-0.39, 0.29) is 11.8 Å². The number of hydrazone groups is 1. The van der Waals surface area contributed by atoms with Crippen LogP contribution in [0.2, 0.25) is 5.02 Å². The molecule has 0 aromatic heterocycles. The van der Waals surface area contributed by atoms with Crippen molar-refractivity contribution in [2.75, 3.05) is 0 Å². The fourth-order valence-corrected chi connectivity index (χ4v) is 3.66. The Kier molecular flexibility index (Phi) is 5.63. The molecule has 3 aromatic carbocycles. The lowest BCUT2D eigenvalue weighted by molar-refractivity contribution is -0.596. The maximum atomic E-state index is 12.9. The maximum absolute atomic E-state index is 12.9. The molecule has 0 spiro atoms. The molecular formula is C24H21ClN3O2+. The van der Waals surface area contributed by atoms with Gasteiger partial charge in [-0.1, -0.05) is 60.1 Å². The van der Waals surface area contributed by atoms with E-state index in [4.69, 9.17) is 11.6 Å². The zero-order valence-corrected chi connectivity index (χ0v) is 17.1. The molecule has 1 aliphatic heterocycles. The second-order valence-corrected chi connectivity index (χ2v) is 7.62. The van der Waals surface area contributed by atoms with Crippen molar-refractivity contribution >= 4 is 29.6 Å². The number of carbonyl (C=O) groups excluding carboxylic acids is 2. The molecule has 3 aromatic rings. The van der Waals surface area contributed by atoms with Crippen molar-refractivity contribution in [2.24, 2.45) is 0 Å². The Labute approximate surface area is 180 Å². The van der Waals surface area contributed by atoms with E-state index in [9.17, 15) is 9.59 Å². The van der Waals surface area contributed by atoms with Crippen LogP contribution in [-0.4, -0.2) is 28.8 Å². The maximum Gasteiger partial charge on any atom is 0.304 e. The van der Waals surface area contributed by atoms with E-state index in [1.807, 2.05) is 67.7 Å². The van der Waals surface area contributed by atoms with Crippen molar-refractivity contribution in [3.8, 4) is 0 Å². The van der Waals surface area contributed by atoms with Gasteiger partial charge in [-0.15, -0.1) is 10.1 Å². The molecule has 0 unspecified atom stereocenters. The largest absolute Gasteiger partial charge is 0.334 e. The zero-order chi connectivity index (χ0) is 21.1. The minimum Gasteiger partial charge on any atom is -0.334 e.